The molecular weight excluding hydrogens is 492 g/mol. The van der Waals surface area contributed by atoms with Gasteiger partial charge in [-0.3, -0.25) is 14.4 Å². The molecule has 1 saturated carbocycles. The number of fused-ring (bicyclic) bond motifs is 1. The van der Waals surface area contributed by atoms with Crippen LogP contribution in [0.2, 0.25) is 0 Å². The zero-order valence-electron chi connectivity index (χ0n) is 19.4. The largest absolute Gasteiger partial charge is 0.436 e. The third kappa shape index (κ3) is 4.22. The molecule has 37 heavy (non-hydrogen) atoms. The number of nitrogens with one attached hydrogen (secondary N) is 1. The molecule has 9 nitrogen and oxygen atoms in total. The maximum Gasteiger partial charge on any atom is 0.436 e. The van der Waals surface area contributed by atoms with Crippen LogP contribution >= 0.6 is 0 Å². The van der Waals surface area contributed by atoms with Crippen LogP contribution in [0.3, 0.4) is 0 Å². The minimum absolute atomic E-state index is 0.282. The molecule has 0 bridgehead atoms. The molecule has 1 N–H and O–H groups in total. The van der Waals surface area contributed by atoms with Crippen molar-refractivity contribution in [3.63, 3.8) is 0 Å². The minimum atomic E-state index is -4.96. The topological polar surface area (TPSA) is 95.8 Å². The molecule has 0 spiro atoms. The first-order chi connectivity index (χ1) is 17.8. The highest BCUT2D eigenvalue weighted by Gasteiger charge is 2.40. The summed E-state index contributed by atoms with van der Waals surface area (Å²) in [6.07, 6.45) is 4.54. The number of aromatic amines is 1. The molecule has 1 amide bonds. The van der Waals surface area contributed by atoms with Crippen LogP contribution < -0.4 is 0 Å². The van der Waals surface area contributed by atoms with Crippen molar-refractivity contribution in [2.45, 2.75) is 25.1 Å². The first kappa shape index (κ1) is 23.5. The van der Waals surface area contributed by atoms with Gasteiger partial charge in [-0.15, -0.1) is 0 Å². The number of H-pyrrole nitrogens is 1. The molecule has 2 fully saturated rings. The van der Waals surface area contributed by atoms with Gasteiger partial charge in [0.15, 0.2) is 11.5 Å². The molecule has 4 aromatic rings. The molecule has 1 aliphatic heterocycles. The maximum atomic E-state index is 14.4. The van der Waals surface area contributed by atoms with Crippen LogP contribution in [-0.4, -0.2) is 77.6 Å². The first-order valence-electron chi connectivity index (χ1n) is 11.7. The zero-order chi connectivity index (χ0) is 25.7. The summed E-state index contributed by atoms with van der Waals surface area (Å²) in [6, 6.07) is 4.36. The smallest absolute Gasteiger partial charge is 0.346 e. The van der Waals surface area contributed by atoms with E-state index in [0.717, 1.165) is 53.4 Å². The van der Waals surface area contributed by atoms with Gasteiger partial charge in [0.25, 0.3) is 5.91 Å². The maximum absolute atomic E-state index is 14.4. The van der Waals surface area contributed by atoms with E-state index in [9.17, 15) is 22.4 Å². The summed E-state index contributed by atoms with van der Waals surface area (Å²) in [5.41, 5.74) is 0.188. The second-order valence-electron chi connectivity index (χ2n) is 9.11. The van der Waals surface area contributed by atoms with Crippen molar-refractivity contribution < 1.29 is 22.4 Å². The van der Waals surface area contributed by atoms with Gasteiger partial charge >= 0.3 is 6.18 Å². The fourth-order valence-electron chi connectivity index (χ4n) is 4.92. The molecule has 4 aromatic heterocycles. The van der Waals surface area contributed by atoms with Crippen LogP contribution in [0.15, 0.2) is 43.2 Å². The van der Waals surface area contributed by atoms with E-state index < -0.39 is 29.2 Å². The number of aromatic nitrogens is 6. The molecule has 0 aromatic carbocycles. The number of halogens is 4. The van der Waals surface area contributed by atoms with Crippen molar-refractivity contribution in [2.24, 2.45) is 0 Å². The van der Waals surface area contributed by atoms with E-state index in [0.29, 0.717) is 26.2 Å². The van der Waals surface area contributed by atoms with E-state index in [4.69, 9.17) is 0 Å². The molecule has 5 heterocycles. The normalized spacial score (nSPS) is 17.9. The monoisotopic (exact) mass is 513 g/mol. The highest BCUT2D eigenvalue weighted by atomic mass is 19.4. The Morgan fingerprint density at radius 1 is 1.05 bits per heavy atom. The lowest BCUT2D eigenvalue weighted by atomic mass is 9.85. The van der Waals surface area contributed by atoms with E-state index in [2.05, 4.69) is 29.9 Å². The van der Waals surface area contributed by atoms with Crippen molar-refractivity contribution in [2.75, 3.05) is 26.2 Å². The Morgan fingerprint density at radius 3 is 2.59 bits per heavy atom. The molecule has 0 unspecified atom stereocenters. The van der Waals surface area contributed by atoms with Gasteiger partial charge in [0, 0.05) is 61.8 Å². The third-order valence-corrected chi connectivity index (χ3v) is 6.98. The Bertz CT molecular complexity index is 1450. The average molecular weight is 513 g/mol. The number of hydrogen-bond acceptors (Lipinski definition) is 6. The van der Waals surface area contributed by atoms with E-state index >= 15 is 0 Å². The summed E-state index contributed by atoms with van der Waals surface area (Å²) in [4.78, 5) is 31.1. The molecule has 6 rings (SSSR count). The van der Waals surface area contributed by atoms with E-state index in [1.165, 1.54) is 11.2 Å². The number of carbonyl (C=O) groups excluding carboxylic acids is 1. The highest BCUT2D eigenvalue weighted by molar-refractivity contribution is 5.94. The lowest BCUT2D eigenvalue weighted by Crippen LogP contribution is -2.55. The Hall–Kier alpha value is -3.87. The average Bonchev–Trinajstić information content (AvgIpc) is 3.52. The van der Waals surface area contributed by atoms with Crippen LogP contribution in [0.25, 0.3) is 22.3 Å². The SMILES string of the molecule is O=C(c1ccnc(C(F)(F)F)c1F)N1CCN(C2C[C](n3cc(-c4ncnc5[nH]ccc45)cn3)C2)CC1. The summed E-state index contributed by atoms with van der Waals surface area (Å²) >= 11 is 0. The predicted octanol–water partition coefficient (Wildman–Crippen LogP) is 3.37. The van der Waals surface area contributed by atoms with Crippen LogP contribution in [-0.2, 0) is 6.18 Å². The summed E-state index contributed by atoms with van der Waals surface area (Å²) in [5.74, 6) is -2.38. The standard InChI is InChI=1S/C24H21F4N8O/c25-19-17(1-3-29-21(19)24(26,27)28)23(37)35-7-5-34(6-8-35)15-9-16(10-15)36-12-14(11-33-36)20-18-2-4-30-22(18)32-13-31-20/h1-4,11-13,15H,5-10H2,(H,30,31,32). The second kappa shape index (κ2) is 8.91. The lowest BCUT2D eigenvalue weighted by molar-refractivity contribution is -0.143. The molecule has 2 aliphatic rings. The fourth-order valence-corrected chi connectivity index (χ4v) is 4.92. The number of piperazine rings is 1. The number of hydrogen-bond donors (Lipinski definition) is 1. The summed E-state index contributed by atoms with van der Waals surface area (Å²) < 4.78 is 55.1. The highest BCUT2D eigenvalue weighted by Crippen LogP contribution is 2.36. The molecule has 1 saturated heterocycles. The number of amides is 1. The van der Waals surface area contributed by atoms with Crippen LogP contribution in [0, 0.1) is 11.9 Å². The number of alkyl halides is 3. The Morgan fingerprint density at radius 2 is 1.84 bits per heavy atom. The molecule has 13 heteroatoms. The minimum Gasteiger partial charge on any atom is -0.346 e. The van der Waals surface area contributed by atoms with Crippen molar-refractivity contribution in [3.05, 3.63) is 66.4 Å². The Labute approximate surface area is 208 Å². The van der Waals surface area contributed by atoms with Gasteiger partial charge in [-0.05, 0) is 25.0 Å². The van der Waals surface area contributed by atoms with Crippen molar-refractivity contribution in [1.82, 2.24) is 39.5 Å². The van der Waals surface area contributed by atoms with Gasteiger partial charge in [-0.25, -0.2) is 19.3 Å². The van der Waals surface area contributed by atoms with Crippen LogP contribution in [0.4, 0.5) is 17.6 Å². The number of nitrogens with zero attached hydrogens (tertiary/aromatic N) is 7. The van der Waals surface area contributed by atoms with E-state index in [-0.39, 0.29) is 6.04 Å². The fraction of sp³-hybridized carbons (Fsp3) is 0.333. The third-order valence-electron chi connectivity index (χ3n) is 6.98. The van der Waals surface area contributed by atoms with Gasteiger partial charge in [-0.1, -0.05) is 0 Å². The quantitative estimate of drug-likeness (QED) is 0.421. The zero-order valence-corrected chi connectivity index (χ0v) is 19.4. The Kier molecular flexibility index (Phi) is 5.66. The van der Waals surface area contributed by atoms with Gasteiger partial charge in [-0.2, -0.15) is 18.3 Å². The first-order valence-corrected chi connectivity index (χ1v) is 11.7. The molecule has 1 aliphatic carbocycles. The summed E-state index contributed by atoms with van der Waals surface area (Å²) in [7, 11) is 0. The van der Waals surface area contributed by atoms with Crippen molar-refractivity contribution in [3.8, 4) is 11.3 Å². The second-order valence-corrected chi connectivity index (χ2v) is 9.11. The summed E-state index contributed by atoms with van der Waals surface area (Å²) in [5, 5.41) is 5.43. The van der Waals surface area contributed by atoms with E-state index in [1.807, 2.05) is 23.1 Å². The van der Waals surface area contributed by atoms with Gasteiger partial charge in [0.1, 0.15) is 12.0 Å². The molecule has 0 atom stereocenters. The van der Waals surface area contributed by atoms with Gasteiger partial charge in [0.2, 0.25) is 0 Å². The van der Waals surface area contributed by atoms with E-state index in [1.54, 1.807) is 6.20 Å². The Balaban J connectivity index is 1.05. The van der Waals surface area contributed by atoms with Gasteiger partial charge < -0.3 is 9.88 Å². The van der Waals surface area contributed by atoms with Crippen molar-refractivity contribution in [1.29, 1.82) is 0 Å². The molecule has 191 valence electrons. The van der Waals surface area contributed by atoms with Crippen molar-refractivity contribution >= 4 is 16.9 Å². The predicted molar refractivity (Wildman–Crippen MR) is 123 cm³/mol. The number of rotatable bonds is 4. The van der Waals surface area contributed by atoms with Crippen LogP contribution in [0.1, 0.15) is 28.9 Å². The molecule has 1 radical (unpaired) electrons. The number of carbonyl (C=O) groups is 1. The molecular formula is C24H21F4N8O. The van der Waals surface area contributed by atoms with Crippen LogP contribution in [0.5, 0.6) is 0 Å². The van der Waals surface area contributed by atoms with Gasteiger partial charge in [0.05, 0.1) is 23.5 Å². The number of pyridine rings is 1. The lowest BCUT2D eigenvalue weighted by Gasteiger charge is -2.45. The summed E-state index contributed by atoms with van der Waals surface area (Å²) in [6.45, 7) is 1.72.